The van der Waals surface area contributed by atoms with Gasteiger partial charge in [-0.15, -0.1) is 0 Å². The highest BCUT2D eigenvalue weighted by atomic mass is 127. The standard InChI is InChI=1S/C7H11IO/c8-7-3-1-6(5-9)2-4-7/h5-7H,1-4H2. The van der Waals surface area contributed by atoms with Crippen molar-refractivity contribution in [3.63, 3.8) is 0 Å². The lowest BCUT2D eigenvalue weighted by Gasteiger charge is -2.20. The average Bonchev–Trinajstić information content (AvgIpc) is 1.90. The van der Waals surface area contributed by atoms with E-state index in [1.807, 2.05) is 0 Å². The Morgan fingerprint density at radius 2 is 1.78 bits per heavy atom. The van der Waals surface area contributed by atoms with Gasteiger partial charge >= 0.3 is 0 Å². The fraction of sp³-hybridized carbons (Fsp3) is 0.857. The molecule has 0 amide bonds. The minimum Gasteiger partial charge on any atom is -0.303 e. The first-order valence-electron chi connectivity index (χ1n) is 3.42. The Kier molecular flexibility index (Phi) is 2.95. The molecule has 1 fully saturated rings. The van der Waals surface area contributed by atoms with Crippen molar-refractivity contribution in [3.8, 4) is 0 Å². The van der Waals surface area contributed by atoms with Crippen molar-refractivity contribution in [2.24, 2.45) is 5.92 Å². The van der Waals surface area contributed by atoms with Crippen molar-refractivity contribution in [3.05, 3.63) is 0 Å². The van der Waals surface area contributed by atoms with E-state index in [0.717, 1.165) is 23.1 Å². The highest BCUT2D eigenvalue weighted by molar-refractivity contribution is 14.1. The Bertz CT molecular complexity index is 95.1. The predicted molar refractivity (Wildman–Crippen MR) is 45.8 cm³/mol. The van der Waals surface area contributed by atoms with Gasteiger partial charge in [-0.05, 0) is 25.7 Å². The van der Waals surface area contributed by atoms with Crippen molar-refractivity contribution in [2.75, 3.05) is 0 Å². The van der Waals surface area contributed by atoms with Gasteiger partial charge < -0.3 is 4.79 Å². The van der Waals surface area contributed by atoms with Crippen LogP contribution in [0.15, 0.2) is 0 Å². The van der Waals surface area contributed by atoms with Crippen molar-refractivity contribution in [1.29, 1.82) is 0 Å². The highest BCUT2D eigenvalue weighted by Crippen LogP contribution is 2.27. The molecule has 0 aliphatic heterocycles. The van der Waals surface area contributed by atoms with Crippen LogP contribution in [0.3, 0.4) is 0 Å². The largest absolute Gasteiger partial charge is 0.303 e. The molecule has 0 aromatic heterocycles. The quantitative estimate of drug-likeness (QED) is 0.388. The summed E-state index contributed by atoms with van der Waals surface area (Å²) in [4.78, 5) is 10.3. The Labute approximate surface area is 69.3 Å². The molecule has 0 bridgehead atoms. The third kappa shape index (κ3) is 2.24. The lowest BCUT2D eigenvalue weighted by molar-refractivity contribution is -0.111. The molecule has 1 aliphatic carbocycles. The third-order valence-corrected chi connectivity index (χ3v) is 3.14. The summed E-state index contributed by atoms with van der Waals surface area (Å²) in [7, 11) is 0. The Morgan fingerprint density at radius 3 is 2.22 bits per heavy atom. The molecule has 2 heteroatoms. The van der Waals surface area contributed by atoms with Gasteiger partial charge in [0.1, 0.15) is 6.29 Å². The van der Waals surface area contributed by atoms with Crippen LogP contribution >= 0.6 is 22.6 Å². The summed E-state index contributed by atoms with van der Waals surface area (Å²) in [6.45, 7) is 0. The molecule has 0 atom stereocenters. The minimum absolute atomic E-state index is 0.385. The smallest absolute Gasteiger partial charge is 0.123 e. The van der Waals surface area contributed by atoms with E-state index >= 15 is 0 Å². The zero-order valence-electron chi connectivity index (χ0n) is 5.35. The number of carbonyl (C=O) groups is 1. The fourth-order valence-electron chi connectivity index (χ4n) is 1.21. The summed E-state index contributed by atoms with van der Waals surface area (Å²) >= 11 is 2.47. The first kappa shape index (κ1) is 7.51. The summed E-state index contributed by atoms with van der Waals surface area (Å²) in [5.74, 6) is 0.385. The summed E-state index contributed by atoms with van der Waals surface area (Å²) in [5, 5.41) is 0. The third-order valence-electron chi connectivity index (χ3n) is 1.89. The van der Waals surface area contributed by atoms with Gasteiger partial charge in [-0.3, -0.25) is 0 Å². The number of carbonyl (C=O) groups excluding carboxylic acids is 1. The molecule has 0 unspecified atom stereocenters. The zero-order valence-corrected chi connectivity index (χ0v) is 7.50. The van der Waals surface area contributed by atoms with E-state index in [1.165, 1.54) is 12.8 Å². The molecule has 0 heterocycles. The molecule has 0 aromatic rings. The molecule has 1 nitrogen and oxygen atoms in total. The van der Waals surface area contributed by atoms with E-state index in [2.05, 4.69) is 22.6 Å². The lowest BCUT2D eigenvalue weighted by atomic mass is 9.91. The van der Waals surface area contributed by atoms with Crippen molar-refractivity contribution < 1.29 is 4.79 Å². The molecule has 1 saturated carbocycles. The van der Waals surface area contributed by atoms with Gasteiger partial charge in [0.15, 0.2) is 0 Å². The first-order chi connectivity index (χ1) is 4.33. The molecule has 1 aliphatic rings. The Balaban J connectivity index is 2.26. The Morgan fingerprint density at radius 1 is 1.22 bits per heavy atom. The predicted octanol–water partition coefficient (Wildman–Crippen LogP) is 2.18. The number of rotatable bonds is 1. The summed E-state index contributed by atoms with van der Waals surface area (Å²) < 4.78 is 0.832. The molecule has 52 valence electrons. The van der Waals surface area contributed by atoms with E-state index in [1.54, 1.807) is 0 Å². The number of alkyl halides is 1. The van der Waals surface area contributed by atoms with Crippen LogP contribution in [0.4, 0.5) is 0 Å². The molecule has 0 spiro atoms. The van der Waals surface area contributed by atoms with E-state index < -0.39 is 0 Å². The number of halogens is 1. The first-order valence-corrected chi connectivity index (χ1v) is 4.67. The second kappa shape index (κ2) is 3.54. The highest BCUT2D eigenvalue weighted by Gasteiger charge is 2.17. The maximum atomic E-state index is 10.3. The van der Waals surface area contributed by atoms with Crippen LogP contribution in [-0.4, -0.2) is 10.2 Å². The second-order valence-electron chi connectivity index (χ2n) is 2.65. The van der Waals surface area contributed by atoms with Gasteiger partial charge in [0.05, 0.1) is 0 Å². The van der Waals surface area contributed by atoms with Crippen molar-refractivity contribution in [1.82, 2.24) is 0 Å². The van der Waals surface area contributed by atoms with Gasteiger partial charge in [0, 0.05) is 9.84 Å². The number of aldehydes is 1. The molecular formula is C7H11IO. The van der Waals surface area contributed by atoms with Crippen LogP contribution in [0.25, 0.3) is 0 Å². The van der Waals surface area contributed by atoms with Crippen LogP contribution in [0.1, 0.15) is 25.7 Å². The summed E-state index contributed by atoms with van der Waals surface area (Å²) in [6.07, 6.45) is 5.84. The molecule has 1 rings (SSSR count). The van der Waals surface area contributed by atoms with Gasteiger partial charge in [0.25, 0.3) is 0 Å². The molecule has 0 radical (unpaired) electrons. The van der Waals surface area contributed by atoms with E-state index in [4.69, 9.17) is 0 Å². The second-order valence-corrected chi connectivity index (χ2v) is 4.41. The summed E-state index contributed by atoms with van der Waals surface area (Å²) in [6, 6.07) is 0. The number of hydrogen-bond acceptors (Lipinski definition) is 1. The average molecular weight is 238 g/mol. The van der Waals surface area contributed by atoms with E-state index in [0.29, 0.717) is 5.92 Å². The molecule has 0 saturated heterocycles. The lowest BCUT2D eigenvalue weighted by Crippen LogP contribution is -2.14. The molecule has 0 N–H and O–H groups in total. The fourth-order valence-corrected chi connectivity index (χ4v) is 1.93. The van der Waals surface area contributed by atoms with Crippen molar-refractivity contribution in [2.45, 2.75) is 29.6 Å². The monoisotopic (exact) mass is 238 g/mol. The van der Waals surface area contributed by atoms with E-state index in [-0.39, 0.29) is 0 Å². The maximum absolute atomic E-state index is 10.3. The van der Waals surface area contributed by atoms with Gasteiger partial charge in [-0.25, -0.2) is 0 Å². The minimum atomic E-state index is 0.385. The van der Waals surface area contributed by atoms with Crippen LogP contribution in [0.2, 0.25) is 0 Å². The van der Waals surface area contributed by atoms with Gasteiger partial charge in [-0.2, -0.15) is 0 Å². The molecule has 0 aromatic carbocycles. The molecular weight excluding hydrogens is 227 g/mol. The van der Waals surface area contributed by atoms with E-state index in [9.17, 15) is 4.79 Å². The molecule has 9 heavy (non-hydrogen) atoms. The van der Waals surface area contributed by atoms with Gasteiger partial charge in [0.2, 0.25) is 0 Å². The summed E-state index contributed by atoms with van der Waals surface area (Å²) in [5.41, 5.74) is 0. The van der Waals surface area contributed by atoms with Crippen LogP contribution in [-0.2, 0) is 4.79 Å². The topological polar surface area (TPSA) is 17.1 Å². The Hall–Kier alpha value is 0.400. The van der Waals surface area contributed by atoms with Crippen LogP contribution < -0.4 is 0 Å². The normalized spacial score (nSPS) is 36.1. The SMILES string of the molecule is O=CC1CCC(I)CC1. The zero-order chi connectivity index (χ0) is 6.69. The van der Waals surface area contributed by atoms with Crippen LogP contribution in [0, 0.1) is 5.92 Å². The maximum Gasteiger partial charge on any atom is 0.123 e. The van der Waals surface area contributed by atoms with Gasteiger partial charge in [-0.1, -0.05) is 22.6 Å². The number of hydrogen-bond donors (Lipinski definition) is 0. The van der Waals surface area contributed by atoms with Crippen molar-refractivity contribution >= 4 is 28.9 Å². The van der Waals surface area contributed by atoms with Crippen LogP contribution in [0.5, 0.6) is 0 Å².